The standard InChI is InChI=1S/C12H16N4S/c1-3-4-5-6-15-16-12-11-10(13-8-14-12)9(2)7-17-11/h6-8H,3-5H2,1-2H3,(H,13,14,16)/b15-6+. The molecule has 0 amide bonds. The molecule has 0 radical (unpaired) electrons. The Kier molecular flexibility index (Phi) is 4.03. The van der Waals surface area contributed by atoms with Gasteiger partial charge in [-0.15, -0.1) is 11.3 Å². The quantitative estimate of drug-likeness (QED) is 0.500. The van der Waals surface area contributed by atoms with Gasteiger partial charge < -0.3 is 0 Å². The third-order valence-corrected chi connectivity index (χ3v) is 3.57. The van der Waals surface area contributed by atoms with Crippen LogP contribution in [-0.4, -0.2) is 16.2 Å². The maximum Gasteiger partial charge on any atom is 0.167 e. The minimum atomic E-state index is 0.792. The molecule has 0 fully saturated rings. The molecule has 0 saturated heterocycles. The highest BCUT2D eigenvalue weighted by atomic mass is 32.1. The second-order valence-corrected chi connectivity index (χ2v) is 4.76. The molecule has 2 aromatic heterocycles. The van der Waals surface area contributed by atoms with E-state index in [4.69, 9.17) is 0 Å². The number of unbranched alkanes of at least 4 members (excludes halogenated alkanes) is 2. The molecule has 0 aliphatic carbocycles. The number of nitrogens with zero attached hydrogens (tertiary/aromatic N) is 3. The van der Waals surface area contributed by atoms with E-state index in [1.165, 1.54) is 18.4 Å². The van der Waals surface area contributed by atoms with E-state index in [-0.39, 0.29) is 0 Å². The average molecular weight is 248 g/mol. The monoisotopic (exact) mass is 248 g/mol. The summed E-state index contributed by atoms with van der Waals surface area (Å²) in [6.45, 7) is 4.23. The van der Waals surface area contributed by atoms with Gasteiger partial charge in [0.05, 0.1) is 10.2 Å². The van der Waals surface area contributed by atoms with Gasteiger partial charge in [0.25, 0.3) is 0 Å². The average Bonchev–Trinajstić information content (AvgIpc) is 2.72. The first-order valence-corrected chi connectivity index (χ1v) is 6.67. The molecule has 0 saturated carbocycles. The molecule has 0 atom stereocenters. The molecule has 2 heterocycles. The molecule has 4 nitrogen and oxygen atoms in total. The Hall–Kier alpha value is -1.49. The SMILES string of the molecule is CCCC/C=N/Nc1ncnc2c(C)csc12. The van der Waals surface area contributed by atoms with Crippen LogP contribution in [-0.2, 0) is 0 Å². The van der Waals surface area contributed by atoms with Gasteiger partial charge in [-0.2, -0.15) is 5.10 Å². The first kappa shape index (κ1) is 12.0. The summed E-state index contributed by atoms with van der Waals surface area (Å²) in [5.41, 5.74) is 5.18. The van der Waals surface area contributed by atoms with Crippen molar-refractivity contribution >= 4 is 33.6 Å². The van der Waals surface area contributed by atoms with Crippen LogP contribution in [0.15, 0.2) is 16.8 Å². The molecular weight excluding hydrogens is 232 g/mol. The lowest BCUT2D eigenvalue weighted by Gasteiger charge is -1.99. The number of aryl methyl sites for hydroxylation is 1. The van der Waals surface area contributed by atoms with Crippen molar-refractivity contribution in [2.75, 3.05) is 5.43 Å². The number of rotatable bonds is 5. The molecule has 0 unspecified atom stereocenters. The van der Waals surface area contributed by atoms with E-state index in [2.05, 4.69) is 39.7 Å². The van der Waals surface area contributed by atoms with Gasteiger partial charge in [-0.3, -0.25) is 5.43 Å². The molecule has 90 valence electrons. The van der Waals surface area contributed by atoms with Crippen molar-refractivity contribution in [1.29, 1.82) is 0 Å². The lowest BCUT2D eigenvalue weighted by molar-refractivity contribution is 0.841. The number of hydrogen-bond donors (Lipinski definition) is 1. The van der Waals surface area contributed by atoms with E-state index >= 15 is 0 Å². The Morgan fingerprint density at radius 1 is 1.47 bits per heavy atom. The summed E-state index contributed by atoms with van der Waals surface area (Å²) in [5.74, 6) is 0.792. The number of fused-ring (bicyclic) bond motifs is 1. The minimum absolute atomic E-state index is 0.792. The summed E-state index contributed by atoms with van der Waals surface area (Å²) in [6.07, 6.45) is 6.83. The molecule has 0 bridgehead atoms. The van der Waals surface area contributed by atoms with Gasteiger partial charge in [0.2, 0.25) is 0 Å². The highest BCUT2D eigenvalue weighted by Crippen LogP contribution is 2.28. The second kappa shape index (κ2) is 5.72. The molecule has 2 aromatic rings. The highest BCUT2D eigenvalue weighted by molar-refractivity contribution is 7.17. The summed E-state index contributed by atoms with van der Waals surface area (Å²) in [4.78, 5) is 8.48. The molecule has 17 heavy (non-hydrogen) atoms. The van der Waals surface area contributed by atoms with E-state index in [0.29, 0.717) is 0 Å². The smallest absolute Gasteiger partial charge is 0.167 e. The van der Waals surface area contributed by atoms with Crippen LogP contribution in [0.3, 0.4) is 0 Å². The molecule has 2 rings (SSSR count). The zero-order valence-electron chi connectivity index (χ0n) is 10.1. The summed E-state index contributed by atoms with van der Waals surface area (Å²) < 4.78 is 1.07. The number of nitrogens with one attached hydrogen (secondary N) is 1. The molecule has 5 heteroatoms. The van der Waals surface area contributed by atoms with Crippen LogP contribution in [0.5, 0.6) is 0 Å². The lowest BCUT2D eigenvalue weighted by Crippen LogP contribution is -1.94. The molecule has 0 aromatic carbocycles. The van der Waals surface area contributed by atoms with Gasteiger partial charge >= 0.3 is 0 Å². The molecule has 1 N–H and O–H groups in total. The summed E-state index contributed by atoms with van der Waals surface area (Å²) in [6, 6.07) is 0. The summed E-state index contributed by atoms with van der Waals surface area (Å²) in [7, 11) is 0. The number of thiophene rings is 1. The van der Waals surface area contributed by atoms with Gasteiger partial charge in [0.1, 0.15) is 6.33 Å². The van der Waals surface area contributed by atoms with Crippen molar-refractivity contribution in [3.8, 4) is 0 Å². The fourth-order valence-corrected chi connectivity index (χ4v) is 2.46. The van der Waals surface area contributed by atoms with Crippen LogP contribution in [0.4, 0.5) is 5.82 Å². The van der Waals surface area contributed by atoms with Crippen LogP contribution in [0, 0.1) is 6.92 Å². The van der Waals surface area contributed by atoms with Crippen molar-refractivity contribution in [3.05, 3.63) is 17.3 Å². The maximum atomic E-state index is 4.27. The van der Waals surface area contributed by atoms with Crippen molar-refractivity contribution in [2.45, 2.75) is 33.1 Å². The molecular formula is C12H16N4S. The van der Waals surface area contributed by atoms with Gasteiger partial charge in [0, 0.05) is 6.21 Å². The van der Waals surface area contributed by atoms with Crippen LogP contribution in [0.1, 0.15) is 31.7 Å². The summed E-state index contributed by atoms with van der Waals surface area (Å²) in [5, 5.41) is 6.27. The van der Waals surface area contributed by atoms with Crippen molar-refractivity contribution in [2.24, 2.45) is 5.10 Å². The first-order valence-electron chi connectivity index (χ1n) is 5.79. The largest absolute Gasteiger partial charge is 0.260 e. The third-order valence-electron chi connectivity index (χ3n) is 2.48. The Labute approximate surface area is 105 Å². The lowest BCUT2D eigenvalue weighted by atomic mass is 10.3. The van der Waals surface area contributed by atoms with Crippen LogP contribution < -0.4 is 5.43 Å². The Bertz CT molecular complexity index is 518. The number of anilines is 1. The Morgan fingerprint density at radius 2 is 2.35 bits per heavy atom. The Morgan fingerprint density at radius 3 is 3.18 bits per heavy atom. The Balaban J connectivity index is 2.11. The van der Waals surface area contributed by atoms with E-state index in [0.717, 1.165) is 22.5 Å². The van der Waals surface area contributed by atoms with Crippen molar-refractivity contribution in [3.63, 3.8) is 0 Å². The van der Waals surface area contributed by atoms with Gasteiger partial charge in [-0.25, -0.2) is 9.97 Å². The fraction of sp³-hybridized carbons (Fsp3) is 0.417. The van der Waals surface area contributed by atoms with E-state index < -0.39 is 0 Å². The van der Waals surface area contributed by atoms with Crippen molar-refractivity contribution in [1.82, 2.24) is 9.97 Å². The second-order valence-electron chi connectivity index (χ2n) is 3.88. The van der Waals surface area contributed by atoms with Gasteiger partial charge in [-0.05, 0) is 30.7 Å². The highest BCUT2D eigenvalue weighted by Gasteiger charge is 2.06. The molecule has 0 aliphatic heterocycles. The van der Waals surface area contributed by atoms with E-state index in [9.17, 15) is 0 Å². The van der Waals surface area contributed by atoms with Crippen molar-refractivity contribution < 1.29 is 0 Å². The predicted molar refractivity (Wildman–Crippen MR) is 73.8 cm³/mol. The first-order chi connectivity index (χ1) is 8.33. The summed E-state index contributed by atoms with van der Waals surface area (Å²) >= 11 is 1.65. The molecule has 0 aliphatic rings. The number of hydrogen-bond acceptors (Lipinski definition) is 5. The van der Waals surface area contributed by atoms with E-state index in [1.54, 1.807) is 17.7 Å². The van der Waals surface area contributed by atoms with Crippen LogP contribution in [0.25, 0.3) is 10.2 Å². The van der Waals surface area contributed by atoms with Gasteiger partial charge in [-0.1, -0.05) is 13.3 Å². The number of hydrazone groups is 1. The zero-order chi connectivity index (χ0) is 12.1. The fourth-order valence-electron chi connectivity index (χ4n) is 1.52. The topological polar surface area (TPSA) is 50.2 Å². The normalized spacial score (nSPS) is 11.4. The third kappa shape index (κ3) is 2.79. The van der Waals surface area contributed by atoms with Gasteiger partial charge in [0.15, 0.2) is 5.82 Å². The number of aromatic nitrogens is 2. The predicted octanol–water partition coefficient (Wildman–Crippen LogP) is 3.59. The molecule has 0 spiro atoms. The van der Waals surface area contributed by atoms with E-state index in [1.807, 2.05) is 6.21 Å². The zero-order valence-corrected chi connectivity index (χ0v) is 10.9. The minimum Gasteiger partial charge on any atom is -0.260 e. The van der Waals surface area contributed by atoms with Crippen LogP contribution >= 0.6 is 11.3 Å². The maximum absolute atomic E-state index is 4.27. The van der Waals surface area contributed by atoms with Crippen LogP contribution in [0.2, 0.25) is 0 Å².